The highest BCUT2D eigenvalue weighted by Gasteiger charge is 2.15. The molecule has 0 radical (unpaired) electrons. The normalized spacial score (nSPS) is 12.3. The molecule has 0 heterocycles. The molecule has 5 heteroatoms. The van der Waals surface area contributed by atoms with Gasteiger partial charge in [0.1, 0.15) is 11.6 Å². The summed E-state index contributed by atoms with van der Waals surface area (Å²) in [4.78, 5) is 0. The molecule has 2 rings (SSSR count). The van der Waals surface area contributed by atoms with Crippen molar-refractivity contribution in [3.05, 3.63) is 63.1 Å². The lowest BCUT2D eigenvalue weighted by Gasteiger charge is -2.17. The lowest BCUT2D eigenvalue weighted by atomic mass is 10.1. The molecular weight excluding hydrogens is 340 g/mol. The van der Waals surface area contributed by atoms with E-state index >= 15 is 0 Å². The summed E-state index contributed by atoms with van der Waals surface area (Å²) in [5, 5.41) is 13.1. The van der Waals surface area contributed by atoms with Gasteiger partial charge in [0.15, 0.2) is 0 Å². The minimum atomic E-state index is -1.13. The third-order valence-corrected chi connectivity index (χ3v) is 3.85. The van der Waals surface area contributed by atoms with Crippen LogP contribution in [0, 0.1) is 25.5 Å². The molecule has 0 fully saturated rings. The van der Waals surface area contributed by atoms with Gasteiger partial charge in [0.2, 0.25) is 0 Å². The summed E-state index contributed by atoms with van der Waals surface area (Å²) >= 11 is 3.45. The summed E-state index contributed by atoms with van der Waals surface area (Å²) in [6, 6.07) is 7.01. The van der Waals surface area contributed by atoms with Gasteiger partial charge in [-0.05, 0) is 65.2 Å². The zero-order valence-corrected chi connectivity index (χ0v) is 13.3. The van der Waals surface area contributed by atoms with Crippen molar-refractivity contribution < 1.29 is 13.9 Å². The topological polar surface area (TPSA) is 32.3 Å². The first-order chi connectivity index (χ1) is 9.88. The minimum absolute atomic E-state index is 0.0524. The molecule has 0 aliphatic rings. The number of aliphatic hydroxyl groups is 1. The van der Waals surface area contributed by atoms with Crippen LogP contribution in [0.1, 0.15) is 22.8 Å². The number of hydrogen-bond donors (Lipinski definition) is 2. The van der Waals surface area contributed by atoms with Gasteiger partial charge >= 0.3 is 0 Å². The van der Waals surface area contributed by atoms with Crippen LogP contribution in [0.25, 0.3) is 0 Å². The van der Waals surface area contributed by atoms with Gasteiger partial charge in [-0.1, -0.05) is 6.07 Å². The van der Waals surface area contributed by atoms with E-state index in [1.807, 2.05) is 26.0 Å². The molecule has 0 bridgehead atoms. The van der Waals surface area contributed by atoms with Crippen molar-refractivity contribution in [1.29, 1.82) is 0 Å². The van der Waals surface area contributed by atoms with Crippen molar-refractivity contribution in [2.75, 3.05) is 11.9 Å². The lowest BCUT2D eigenvalue weighted by Crippen LogP contribution is -2.14. The van der Waals surface area contributed by atoms with E-state index in [-0.39, 0.29) is 12.1 Å². The molecule has 0 saturated carbocycles. The predicted molar refractivity (Wildman–Crippen MR) is 83.4 cm³/mol. The Balaban J connectivity index is 2.15. The Labute approximate surface area is 130 Å². The molecule has 0 aliphatic carbocycles. The maximum absolute atomic E-state index is 13.6. The van der Waals surface area contributed by atoms with Crippen molar-refractivity contribution in [2.24, 2.45) is 0 Å². The van der Waals surface area contributed by atoms with Crippen LogP contribution in [0.15, 0.2) is 34.8 Å². The van der Waals surface area contributed by atoms with E-state index in [1.165, 1.54) is 0 Å². The van der Waals surface area contributed by atoms with Gasteiger partial charge in [0.05, 0.1) is 11.8 Å². The number of anilines is 1. The van der Waals surface area contributed by atoms with E-state index in [0.29, 0.717) is 0 Å². The molecule has 1 unspecified atom stereocenters. The third kappa shape index (κ3) is 3.80. The lowest BCUT2D eigenvalue weighted by molar-refractivity contribution is 0.186. The number of nitrogens with one attached hydrogen (secondary N) is 1. The second kappa shape index (κ2) is 6.54. The Morgan fingerprint density at radius 2 is 1.90 bits per heavy atom. The van der Waals surface area contributed by atoms with Crippen LogP contribution in [0.3, 0.4) is 0 Å². The van der Waals surface area contributed by atoms with Gasteiger partial charge in [-0.25, -0.2) is 8.78 Å². The van der Waals surface area contributed by atoms with Gasteiger partial charge in [-0.2, -0.15) is 0 Å². The molecule has 2 nitrogen and oxygen atoms in total. The van der Waals surface area contributed by atoms with Gasteiger partial charge in [0, 0.05) is 16.6 Å². The Morgan fingerprint density at radius 3 is 2.57 bits per heavy atom. The van der Waals surface area contributed by atoms with Crippen molar-refractivity contribution in [2.45, 2.75) is 20.0 Å². The molecular formula is C16H16BrF2NO. The van der Waals surface area contributed by atoms with Crippen LogP contribution >= 0.6 is 15.9 Å². The van der Waals surface area contributed by atoms with E-state index in [0.717, 1.165) is 39.5 Å². The second-order valence-corrected chi connectivity index (χ2v) is 5.86. The predicted octanol–water partition coefficient (Wildman–Crippen LogP) is 4.49. The maximum Gasteiger partial charge on any atom is 0.129 e. The van der Waals surface area contributed by atoms with Gasteiger partial charge in [-0.15, -0.1) is 0 Å². The fraction of sp³-hybridized carbons (Fsp3) is 0.250. The minimum Gasteiger partial charge on any atom is -0.386 e. The van der Waals surface area contributed by atoms with Crippen LogP contribution in [0.5, 0.6) is 0 Å². The standard InChI is InChI=1S/C16H16BrF2NO/c1-9-5-10(2)16(13(17)6-9)20-8-15(21)12-7-11(18)3-4-14(12)19/h3-7,15,20-21H,8H2,1-2H3. The smallest absolute Gasteiger partial charge is 0.129 e. The monoisotopic (exact) mass is 355 g/mol. The quantitative estimate of drug-likeness (QED) is 0.846. The number of hydrogen-bond acceptors (Lipinski definition) is 2. The van der Waals surface area contributed by atoms with Crippen LogP contribution in [-0.2, 0) is 0 Å². The van der Waals surface area contributed by atoms with E-state index in [2.05, 4.69) is 21.2 Å². The van der Waals surface area contributed by atoms with Crippen molar-refractivity contribution >= 4 is 21.6 Å². The molecule has 0 saturated heterocycles. The zero-order valence-electron chi connectivity index (χ0n) is 11.8. The van der Waals surface area contributed by atoms with Gasteiger partial charge < -0.3 is 10.4 Å². The Bertz CT molecular complexity index is 638. The van der Waals surface area contributed by atoms with Crippen LogP contribution in [0.2, 0.25) is 0 Å². The highest BCUT2D eigenvalue weighted by molar-refractivity contribution is 9.10. The highest BCUT2D eigenvalue weighted by Crippen LogP contribution is 2.28. The number of rotatable bonds is 4. The number of aryl methyl sites for hydroxylation is 2. The van der Waals surface area contributed by atoms with E-state index in [9.17, 15) is 13.9 Å². The average molecular weight is 356 g/mol. The summed E-state index contributed by atoms with van der Waals surface area (Å²) in [6.45, 7) is 4.01. The fourth-order valence-electron chi connectivity index (χ4n) is 2.22. The summed E-state index contributed by atoms with van der Waals surface area (Å²) in [6.07, 6.45) is -1.13. The van der Waals surface area contributed by atoms with Crippen molar-refractivity contribution in [1.82, 2.24) is 0 Å². The first kappa shape index (κ1) is 15.9. The molecule has 2 aromatic carbocycles. The third-order valence-electron chi connectivity index (χ3n) is 3.22. The summed E-state index contributed by atoms with van der Waals surface area (Å²) in [7, 11) is 0. The van der Waals surface area contributed by atoms with E-state index in [1.54, 1.807) is 0 Å². The van der Waals surface area contributed by atoms with Gasteiger partial charge in [0.25, 0.3) is 0 Å². The van der Waals surface area contributed by atoms with Crippen LogP contribution in [0.4, 0.5) is 14.5 Å². The molecule has 1 atom stereocenters. The van der Waals surface area contributed by atoms with E-state index < -0.39 is 17.7 Å². The Morgan fingerprint density at radius 1 is 1.19 bits per heavy atom. The molecule has 21 heavy (non-hydrogen) atoms. The van der Waals surface area contributed by atoms with Crippen molar-refractivity contribution in [3.8, 4) is 0 Å². The maximum atomic E-state index is 13.6. The molecule has 2 N–H and O–H groups in total. The molecule has 0 amide bonds. The van der Waals surface area contributed by atoms with Crippen molar-refractivity contribution in [3.63, 3.8) is 0 Å². The molecule has 2 aromatic rings. The fourth-order valence-corrected chi connectivity index (χ4v) is 3.03. The highest BCUT2D eigenvalue weighted by atomic mass is 79.9. The second-order valence-electron chi connectivity index (χ2n) is 5.00. The first-order valence-electron chi connectivity index (χ1n) is 6.52. The number of halogens is 3. The zero-order chi connectivity index (χ0) is 15.6. The molecule has 0 aromatic heterocycles. The number of benzene rings is 2. The summed E-state index contributed by atoms with van der Waals surface area (Å²) in [5.41, 5.74) is 2.90. The summed E-state index contributed by atoms with van der Waals surface area (Å²) < 4.78 is 27.6. The van der Waals surface area contributed by atoms with Crippen LogP contribution in [-0.4, -0.2) is 11.7 Å². The molecule has 0 aliphatic heterocycles. The van der Waals surface area contributed by atoms with Gasteiger partial charge in [-0.3, -0.25) is 0 Å². The van der Waals surface area contributed by atoms with E-state index in [4.69, 9.17) is 0 Å². The Hall–Kier alpha value is -1.46. The SMILES string of the molecule is Cc1cc(C)c(NCC(O)c2cc(F)ccc2F)c(Br)c1. The largest absolute Gasteiger partial charge is 0.386 e. The first-order valence-corrected chi connectivity index (χ1v) is 7.31. The summed E-state index contributed by atoms with van der Waals surface area (Å²) in [5.74, 6) is -1.19. The molecule has 112 valence electrons. The Kier molecular flexibility index (Phi) is 4.96. The average Bonchev–Trinajstić information content (AvgIpc) is 2.40. The number of aliphatic hydroxyl groups excluding tert-OH is 1. The van der Waals surface area contributed by atoms with Crippen LogP contribution < -0.4 is 5.32 Å². The molecule has 0 spiro atoms.